The van der Waals surface area contributed by atoms with Crippen LogP contribution < -0.4 is 0 Å². The molecule has 0 saturated heterocycles. The molecule has 0 heterocycles. The van der Waals surface area contributed by atoms with Crippen LogP contribution >= 0.6 is 17.0 Å². The molecule has 0 aliphatic heterocycles. The number of halogens is 1. The van der Waals surface area contributed by atoms with Crippen LogP contribution in [0.1, 0.15) is 0 Å². The van der Waals surface area contributed by atoms with Crippen LogP contribution in [0.25, 0.3) is 0 Å². The maximum atomic E-state index is 2.35. The first kappa shape index (κ1) is 9.57. The Kier molecular flexibility index (Phi) is 10.1. The molecule has 0 aliphatic rings. The molecule has 5 heavy (non-hydrogen) atoms. The third-order valence-corrected chi connectivity index (χ3v) is 0. The van der Waals surface area contributed by atoms with Crippen LogP contribution in [-0.4, -0.2) is 20.2 Å². The number of rotatable bonds is 0. The summed E-state index contributed by atoms with van der Waals surface area (Å²) in [5.41, 5.74) is 0. The van der Waals surface area contributed by atoms with Crippen molar-refractivity contribution in [2.45, 2.75) is 14.6 Å². The Morgan fingerprint density at radius 2 is 1.00 bits per heavy atom. The predicted molar refractivity (Wildman–Crippen MR) is 33.7 cm³/mol. The normalized spacial score (nSPS) is 7.20. The molecule has 0 radical (unpaired) electrons. The van der Waals surface area contributed by atoms with Crippen molar-refractivity contribution >= 4 is 37.2 Å². The summed E-state index contributed by atoms with van der Waals surface area (Å²) in [5, 5.41) is 0. The fraction of sp³-hybridized carbons (Fsp3) is 1.00. The van der Waals surface area contributed by atoms with E-state index in [1.54, 1.807) is 0 Å². The fourth-order valence-electron chi connectivity index (χ4n) is 0. The van der Waals surface area contributed by atoms with Gasteiger partial charge in [-0.1, -0.05) is 0 Å². The molecule has 0 spiro atoms. The van der Waals surface area contributed by atoms with Gasteiger partial charge in [0.05, 0.1) is 0 Å². The molecule has 0 unspecified atom stereocenters. The van der Waals surface area contributed by atoms with Gasteiger partial charge in [-0.25, -0.2) is 0 Å². The van der Waals surface area contributed by atoms with Crippen molar-refractivity contribution in [2.24, 2.45) is 0 Å². The van der Waals surface area contributed by atoms with Crippen molar-refractivity contribution < 1.29 is 0 Å². The van der Waals surface area contributed by atoms with E-state index in [1.165, 1.54) is 0 Å². The average molecular weight is 248 g/mol. The minimum atomic E-state index is -0.450. The quantitative estimate of drug-likeness (QED) is 0.574. The van der Waals surface area contributed by atoms with E-state index in [-0.39, 0.29) is 17.0 Å². The van der Waals surface area contributed by atoms with E-state index in [0.717, 1.165) is 0 Å². The molecule has 2 heteroatoms. The van der Waals surface area contributed by atoms with Gasteiger partial charge in [-0.15, -0.1) is 17.0 Å². The van der Waals surface area contributed by atoms with Crippen molar-refractivity contribution in [1.82, 2.24) is 0 Å². The molecule has 0 saturated carbocycles. The Morgan fingerprint density at radius 3 is 1.00 bits per heavy atom. The van der Waals surface area contributed by atoms with E-state index >= 15 is 0 Å². The first-order valence-corrected chi connectivity index (χ1v) is 9.00. The molecule has 0 aromatic rings. The molecule has 34 valence electrons. The van der Waals surface area contributed by atoms with Crippen molar-refractivity contribution in [1.29, 1.82) is 0 Å². The molecular weight excluding hydrogens is 238 g/mol. The Bertz CT molecular complexity index is 11.6. The van der Waals surface area contributed by atoms with Crippen LogP contribution in [-0.2, 0) is 0 Å². The van der Waals surface area contributed by atoms with Crippen molar-refractivity contribution in [2.75, 3.05) is 0 Å². The summed E-state index contributed by atoms with van der Waals surface area (Å²) in [6.07, 6.45) is 0. The van der Waals surface area contributed by atoms with Gasteiger partial charge in [0.1, 0.15) is 0 Å². The summed E-state index contributed by atoms with van der Waals surface area (Å²) in [4.78, 5) is 7.05. The van der Waals surface area contributed by atoms with E-state index < -0.39 is 20.2 Å². The number of hydrogen-bond donors (Lipinski definition) is 0. The topological polar surface area (TPSA) is 0 Å². The molecule has 0 nitrogen and oxygen atoms in total. The van der Waals surface area contributed by atoms with E-state index in [9.17, 15) is 0 Å². The monoisotopic (exact) mass is 246 g/mol. The van der Waals surface area contributed by atoms with Gasteiger partial charge in [0.2, 0.25) is 0 Å². The van der Waals surface area contributed by atoms with E-state index in [1.807, 2.05) is 0 Å². The van der Waals surface area contributed by atoms with Gasteiger partial charge in [-0.05, 0) is 0 Å². The van der Waals surface area contributed by atoms with Gasteiger partial charge in [0.25, 0.3) is 0 Å². The molecule has 0 atom stereocenters. The van der Waals surface area contributed by atoms with Crippen LogP contribution in [0.15, 0.2) is 0 Å². The first-order valence-electron chi connectivity index (χ1n) is 1.34. The second kappa shape index (κ2) is 5.30. The zero-order chi connectivity index (χ0) is 3.58. The Hall–Kier alpha value is 1.30. The standard InChI is InChI=1S/3CH3.BrH.Sb/h3*1H3;1H;. The summed E-state index contributed by atoms with van der Waals surface area (Å²) in [6, 6.07) is 0. The van der Waals surface area contributed by atoms with E-state index in [4.69, 9.17) is 0 Å². The van der Waals surface area contributed by atoms with E-state index in [2.05, 4.69) is 14.6 Å². The third kappa shape index (κ3) is 34.2. The summed E-state index contributed by atoms with van der Waals surface area (Å²) in [6.45, 7) is 0. The molecule has 0 aromatic carbocycles. The molecule has 0 bridgehead atoms. The number of hydrogen-bond acceptors (Lipinski definition) is 0. The van der Waals surface area contributed by atoms with Gasteiger partial charge >= 0.3 is 34.8 Å². The van der Waals surface area contributed by atoms with E-state index in [0.29, 0.717) is 0 Å². The summed E-state index contributed by atoms with van der Waals surface area (Å²) < 4.78 is 0. The zero-order valence-corrected chi connectivity index (χ0v) is 8.12. The SMILES string of the molecule is Br.[CH3][Sb]([CH3])[CH3]. The van der Waals surface area contributed by atoms with Crippen LogP contribution in [0.3, 0.4) is 0 Å². The van der Waals surface area contributed by atoms with Gasteiger partial charge in [-0.3, -0.25) is 0 Å². The Balaban J connectivity index is 0. The minimum absolute atomic E-state index is 0. The maximum absolute atomic E-state index is 2.35. The van der Waals surface area contributed by atoms with Gasteiger partial charge < -0.3 is 0 Å². The van der Waals surface area contributed by atoms with Crippen molar-refractivity contribution in [3.05, 3.63) is 0 Å². The predicted octanol–water partition coefficient (Wildman–Crippen LogP) is 1.95. The molecule has 0 amide bonds. The second-order valence-electron chi connectivity index (χ2n) is 1.34. The van der Waals surface area contributed by atoms with Crippen LogP contribution in [0.2, 0.25) is 14.6 Å². The second-order valence-corrected chi connectivity index (χ2v) is 9.00. The van der Waals surface area contributed by atoms with Gasteiger partial charge in [-0.2, -0.15) is 0 Å². The van der Waals surface area contributed by atoms with Gasteiger partial charge in [0.15, 0.2) is 0 Å². The Morgan fingerprint density at radius 1 is 1.00 bits per heavy atom. The van der Waals surface area contributed by atoms with Crippen molar-refractivity contribution in [3.63, 3.8) is 0 Å². The first-order chi connectivity index (χ1) is 1.73. The van der Waals surface area contributed by atoms with Crippen LogP contribution in [0.4, 0.5) is 0 Å². The summed E-state index contributed by atoms with van der Waals surface area (Å²) >= 11 is -0.450. The van der Waals surface area contributed by atoms with Crippen molar-refractivity contribution in [3.8, 4) is 0 Å². The fourth-order valence-corrected chi connectivity index (χ4v) is 0. The molecule has 0 N–H and O–H groups in total. The summed E-state index contributed by atoms with van der Waals surface area (Å²) in [5.74, 6) is 0. The summed E-state index contributed by atoms with van der Waals surface area (Å²) in [7, 11) is 0. The molecule has 0 aliphatic carbocycles. The third-order valence-electron chi connectivity index (χ3n) is 0. The molecular formula is C3H10BrSb. The molecule has 0 fully saturated rings. The molecule has 0 aromatic heterocycles. The van der Waals surface area contributed by atoms with Crippen LogP contribution in [0, 0.1) is 0 Å². The van der Waals surface area contributed by atoms with Gasteiger partial charge in [0, 0.05) is 0 Å². The zero-order valence-electron chi connectivity index (χ0n) is 3.86. The molecule has 0 rings (SSSR count). The average Bonchev–Trinajstić information content (AvgIpc) is 0.811. The van der Waals surface area contributed by atoms with Crippen LogP contribution in [0.5, 0.6) is 0 Å². The Labute approximate surface area is 51.7 Å².